The Bertz CT molecular complexity index is 404. The number of imidazole rings is 1. The Kier molecular flexibility index (Phi) is 4.06. The van der Waals surface area contributed by atoms with Crippen LogP contribution in [0.25, 0.3) is 0 Å². The normalized spacial score (nSPS) is 24.8. The molecule has 4 heteroatoms. The number of anilines is 1. The van der Waals surface area contributed by atoms with Crippen LogP contribution in [0.4, 0.5) is 5.95 Å². The number of hydrogen-bond donors (Lipinski definition) is 1. The smallest absolute Gasteiger partial charge is 0.203 e. The zero-order chi connectivity index (χ0) is 13.1. The fourth-order valence-electron chi connectivity index (χ4n) is 3.22. The highest BCUT2D eigenvalue weighted by atomic mass is 16.5. The lowest BCUT2D eigenvalue weighted by atomic mass is 10.1. The predicted molar refractivity (Wildman–Crippen MR) is 76.4 cm³/mol. The van der Waals surface area contributed by atoms with Crippen LogP contribution in [-0.2, 0) is 11.3 Å². The number of ether oxygens (including phenoxy) is 1. The zero-order valence-electron chi connectivity index (χ0n) is 11.9. The van der Waals surface area contributed by atoms with Crippen molar-refractivity contribution in [3.63, 3.8) is 0 Å². The van der Waals surface area contributed by atoms with Crippen molar-refractivity contribution in [1.82, 2.24) is 9.55 Å². The minimum absolute atomic E-state index is 0.367. The summed E-state index contributed by atoms with van der Waals surface area (Å²) in [5.74, 6) is 1.04. The van der Waals surface area contributed by atoms with Crippen molar-refractivity contribution >= 4 is 5.95 Å². The highest BCUT2D eigenvalue weighted by Gasteiger charge is 2.20. The van der Waals surface area contributed by atoms with Gasteiger partial charge in [-0.25, -0.2) is 4.98 Å². The largest absolute Gasteiger partial charge is 0.376 e. The number of aryl methyl sites for hydroxylation is 1. The first-order valence-corrected chi connectivity index (χ1v) is 7.73. The van der Waals surface area contributed by atoms with Gasteiger partial charge in [0.25, 0.3) is 0 Å². The Morgan fingerprint density at radius 2 is 2.05 bits per heavy atom. The molecule has 1 unspecified atom stereocenters. The third-order valence-electron chi connectivity index (χ3n) is 4.26. The Labute approximate surface area is 115 Å². The van der Waals surface area contributed by atoms with Crippen molar-refractivity contribution in [1.29, 1.82) is 0 Å². The van der Waals surface area contributed by atoms with Crippen molar-refractivity contribution < 1.29 is 4.74 Å². The van der Waals surface area contributed by atoms with Gasteiger partial charge in [0, 0.05) is 18.8 Å². The molecule has 0 spiro atoms. The molecule has 1 aromatic rings. The monoisotopic (exact) mass is 263 g/mol. The molecule has 106 valence electrons. The molecule has 0 aromatic carbocycles. The lowest BCUT2D eigenvalue weighted by Crippen LogP contribution is -2.26. The number of hydrogen-bond acceptors (Lipinski definition) is 3. The van der Waals surface area contributed by atoms with E-state index in [1.807, 2.05) is 0 Å². The van der Waals surface area contributed by atoms with Crippen molar-refractivity contribution in [2.75, 3.05) is 11.9 Å². The molecule has 1 N–H and O–H groups in total. The third kappa shape index (κ3) is 3.30. The van der Waals surface area contributed by atoms with E-state index in [-0.39, 0.29) is 0 Å². The van der Waals surface area contributed by atoms with E-state index >= 15 is 0 Å². The zero-order valence-corrected chi connectivity index (χ0v) is 11.9. The Hall–Kier alpha value is -1.03. The summed E-state index contributed by atoms with van der Waals surface area (Å²) in [6, 6.07) is 0.618. The maximum atomic E-state index is 5.84. The second-order valence-electron chi connectivity index (χ2n) is 5.97. The first kappa shape index (κ1) is 13.0. The van der Waals surface area contributed by atoms with Crippen LogP contribution < -0.4 is 5.32 Å². The van der Waals surface area contributed by atoms with E-state index < -0.39 is 0 Å². The molecule has 0 bridgehead atoms. The van der Waals surface area contributed by atoms with Crippen LogP contribution in [0.3, 0.4) is 0 Å². The predicted octanol–water partition coefficient (Wildman–Crippen LogP) is 3.12. The topological polar surface area (TPSA) is 39.1 Å². The van der Waals surface area contributed by atoms with Crippen LogP contribution in [0.15, 0.2) is 6.20 Å². The molecule has 1 saturated carbocycles. The Balaban J connectivity index is 1.65. The van der Waals surface area contributed by atoms with Gasteiger partial charge in [0.05, 0.1) is 18.3 Å². The second kappa shape index (κ2) is 5.95. The maximum absolute atomic E-state index is 5.84. The van der Waals surface area contributed by atoms with Crippen LogP contribution in [-0.4, -0.2) is 28.3 Å². The van der Waals surface area contributed by atoms with Gasteiger partial charge < -0.3 is 14.6 Å². The van der Waals surface area contributed by atoms with Gasteiger partial charge in [-0.15, -0.1) is 0 Å². The van der Waals surface area contributed by atoms with Crippen LogP contribution in [0, 0.1) is 6.92 Å². The number of aromatic nitrogens is 2. The van der Waals surface area contributed by atoms with E-state index in [0.717, 1.165) is 24.8 Å². The molecule has 2 heterocycles. The van der Waals surface area contributed by atoms with Gasteiger partial charge >= 0.3 is 0 Å². The Morgan fingerprint density at radius 3 is 2.79 bits per heavy atom. The molecular formula is C15H25N3O. The molecule has 3 rings (SSSR count). The molecule has 2 fully saturated rings. The average molecular weight is 263 g/mol. The van der Waals surface area contributed by atoms with Gasteiger partial charge in [0.15, 0.2) is 0 Å². The maximum Gasteiger partial charge on any atom is 0.203 e. The van der Waals surface area contributed by atoms with Gasteiger partial charge in [-0.3, -0.25) is 0 Å². The van der Waals surface area contributed by atoms with Crippen LogP contribution in [0.5, 0.6) is 0 Å². The van der Waals surface area contributed by atoms with Crippen molar-refractivity contribution in [3.05, 3.63) is 11.9 Å². The number of nitrogens with zero attached hydrogens (tertiary/aromatic N) is 2. The lowest BCUT2D eigenvalue weighted by molar-refractivity contribution is 0.00627. The van der Waals surface area contributed by atoms with E-state index in [1.165, 1.54) is 44.9 Å². The van der Waals surface area contributed by atoms with E-state index in [0.29, 0.717) is 12.1 Å². The Morgan fingerprint density at radius 1 is 1.26 bits per heavy atom. The molecule has 0 amide bonds. The summed E-state index contributed by atoms with van der Waals surface area (Å²) in [5.41, 5.74) is 1.09. The quantitative estimate of drug-likeness (QED) is 0.907. The molecular weight excluding hydrogens is 238 g/mol. The SMILES string of the molecule is Cc1cn(CC2CCCCO2)c(NC2CCCC2)n1. The fourth-order valence-corrected chi connectivity index (χ4v) is 3.22. The summed E-state index contributed by atoms with van der Waals surface area (Å²) in [6.07, 6.45) is 11.5. The van der Waals surface area contributed by atoms with E-state index in [2.05, 4.69) is 28.0 Å². The molecule has 0 radical (unpaired) electrons. The summed E-state index contributed by atoms with van der Waals surface area (Å²) < 4.78 is 8.09. The first-order valence-electron chi connectivity index (χ1n) is 7.73. The van der Waals surface area contributed by atoms with Crippen LogP contribution in [0.1, 0.15) is 50.6 Å². The van der Waals surface area contributed by atoms with Crippen molar-refractivity contribution in [2.45, 2.75) is 70.6 Å². The summed E-state index contributed by atoms with van der Waals surface area (Å²) >= 11 is 0. The van der Waals surface area contributed by atoms with Gasteiger partial charge in [-0.05, 0) is 39.0 Å². The molecule has 4 nitrogen and oxygen atoms in total. The highest BCUT2D eigenvalue weighted by molar-refractivity contribution is 5.30. The molecule has 1 atom stereocenters. The first-order chi connectivity index (χ1) is 9.31. The third-order valence-corrected chi connectivity index (χ3v) is 4.26. The molecule has 1 aliphatic heterocycles. The van der Waals surface area contributed by atoms with Gasteiger partial charge in [0.2, 0.25) is 5.95 Å². The van der Waals surface area contributed by atoms with Crippen LogP contribution in [0.2, 0.25) is 0 Å². The molecule has 1 aliphatic carbocycles. The molecule has 1 saturated heterocycles. The van der Waals surface area contributed by atoms with Gasteiger partial charge in [-0.1, -0.05) is 12.8 Å². The summed E-state index contributed by atoms with van der Waals surface area (Å²) in [5, 5.41) is 3.62. The lowest BCUT2D eigenvalue weighted by Gasteiger charge is -2.24. The highest BCUT2D eigenvalue weighted by Crippen LogP contribution is 2.23. The standard InChI is InChI=1S/C15H25N3O/c1-12-10-18(11-14-8-4-5-9-19-14)15(16-12)17-13-6-2-3-7-13/h10,13-14H,2-9,11H2,1H3,(H,16,17). The second-order valence-corrected chi connectivity index (χ2v) is 5.97. The van der Waals surface area contributed by atoms with E-state index in [9.17, 15) is 0 Å². The van der Waals surface area contributed by atoms with E-state index in [4.69, 9.17) is 4.74 Å². The summed E-state index contributed by atoms with van der Waals surface area (Å²) in [6.45, 7) is 3.93. The molecule has 19 heavy (non-hydrogen) atoms. The van der Waals surface area contributed by atoms with Crippen molar-refractivity contribution in [2.24, 2.45) is 0 Å². The van der Waals surface area contributed by atoms with E-state index in [1.54, 1.807) is 0 Å². The number of nitrogens with one attached hydrogen (secondary N) is 1. The minimum Gasteiger partial charge on any atom is -0.376 e. The van der Waals surface area contributed by atoms with Gasteiger partial charge in [0.1, 0.15) is 0 Å². The molecule has 1 aromatic heterocycles. The molecule has 2 aliphatic rings. The number of rotatable bonds is 4. The summed E-state index contributed by atoms with van der Waals surface area (Å²) in [7, 11) is 0. The fraction of sp³-hybridized carbons (Fsp3) is 0.800. The average Bonchev–Trinajstić information content (AvgIpc) is 3.02. The van der Waals surface area contributed by atoms with Crippen molar-refractivity contribution in [3.8, 4) is 0 Å². The minimum atomic E-state index is 0.367. The van der Waals surface area contributed by atoms with Crippen LogP contribution >= 0.6 is 0 Å². The summed E-state index contributed by atoms with van der Waals surface area (Å²) in [4.78, 5) is 4.64. The van der Waals surface area contributed by atoms with Gasteiger partial charge in [-0.2, -0.15) is 0 Å².